The number of aromatic nitrogens is 1. The number of hydrogen-bond acceptors (Lipinski definition) is 19. The standard InChI is InChI=1S/C73H108N16O18S/c1-8-43(6)61(87-65(99)52(27-28-60(95)96)82-68(102)57-22-14-31-89(57)71(105)49(74)33-45-23-25-47(92)26-24-45)69(103)86-55(38-90)67(101)84-53(34-46-36-79-50-20-10-9-19-48(46)50)66(100)88-62(44(7)91)70(104)83-51(21-13-30-78-73(76)77)64(98)85-54(35-58(75)93)63(97)80-37-59(94)81-56(72(106)107)39-108-32-29-42(5)18-12-17-41(4)16-11-15-40(2)3/h9-10,15,17,19-20,23-26,29,36,43-44,49,51-57,61-62,79,90-92H,8,11-14,16,18,21-22,27-28,30-35,37-39,74H2,1-7H3,(H2,75,93)(H,80,97)(H,81,94)(H,82,102)(H,83,104)(H,84,101)(H,85,98)(H,86,103)(H,87,99)(H,88,100)(H,95,96)(H,106,107)(H4,76,77,78)/b41-17+,42-29+/t43-,44+,49-,51-,52-,53-,54-,55-,56-,57-,61-,62-/m0/s1. The van der Waals surface area contributed by atoms with E-state index in [1.165, 1.54) is 46.1 Å². The molecule has 0 radical (unpaired) electrons. The molecule has 35 heteroatoms. The van der Waals surface area contributed by atoms with Crippen molar-refractivity contribution < 1.29 is 87.9 Å². The summed E-state index contributed by atoms with van der Waals surface area (Å²) in [7, 11) is 0. The molecule has 0 spiro atoms. The Bertz CT molecular complexity index is 3720. The second-order valence-corrected chi connectivity index (χ2v) is 28.1. The first-order valence-corrected chi connectivity index (χ1v) is 37.0. The number of carboxylic acid groups (broad SMARTS) is 2. The lowest BCUT2D eigenvalue weighted by molar-refractivity contribution is -0.141. The van der Waals surface area contributed by atoms with E-state index in [4.69, 9.17) is 22.9 Å². The van der Waals surface area contributed by atoms with Gasteiger partial charge in [-0.3, -0.25) is 62.5 Å². The highest BCUT2D eigenvalue weighted by Crippen LogP contribution is 2.23. The average Bonchev–Trinajstić information content (AvgIpc) is 1.70. The lowest BCUT2D eigenvalue weighted by Gasteiger charge is -2.30. The normalized spacial score (nSPS) is 16.0. The summed E-state index contributed by atoms with van der Waals surface area (Å²) in [5.74, 6) is -14.6. The molecule has 23 N–H and O–H groups in total. The second-order valence-electron chi connectivity index (χ2n) is 27.0. The number of carbonyl (C=O) groups is 13. The first-order valence-electron chi connectivity index (χ1n) is 35.8. The van der Waals surface area contributed by atoms with Gasteiger partial charge in [0.05, 0.1) is 31.7 Å². The summed E-state index contributed by atoms with van der Waals surface area (Å²) in [6.45, 7) is 10.6. The van der Waals surface area contributed by atoms with Crippen LogP contribution in [0.3, 0.4) is 0 Å². The number of phenolic OH excluding ortho intramolecular Hbond substituents is 1. The molecule has 1 aromatic heterocycles. The van der Waals surface area contributed by atoms with Crippen LogP contribution in [0.5, 0.6) is 5.75 Å². The minimum atomic E-state index is -1.95. The number of phenols is 1. The SMILES string of the molecule is CC[C@H](C)[C@H](NC(=O)[C@H](CCC(=O)O)NC(=O)[C@@H]1CCCN1C(=O)[C@@H](N)Cc1ccc(O)cc1)C(=O)N[C@@H](CO)C(=O)N[C@@H](Cc1c[nH]c2ccccc12)C(=O)N[C@H](C(=O)N[C@@H](CCCN=C(N)N)C(=O)N[C@@H](CC(N)=O)C(=O)NCC(=O)N[C@@H](CSC/C=C(\C)CC/C=C(\C)CCC=C(C)C)C(=O)O)[C@@H](C)O. The van der Waals surface area contributed by atoms with Crippen LogP contribution < -0.4 is 70.8 Å². The molecule has 0 unspecified atom stereocenters. The Kier molecular flexibility index (Phi) is 38.3. The maximum Gasteiger partial charge on any atom is 0.327 e. The quantitative estimate of drug-likeness (QED) is 0.0146. The van der Waals surface area contributed by atoms with Crippen LogP contribution in [0.4, 0.5) is 0 Å². The monoisotopic (exact) mass is 1530 g/mol. The zero-order valence-electron chi connectivity index (χ0n) is 62.2. The van der Waals surface area contributed by atoms with Crippen molar-refractivity contribution in [3.8, 4) is 5.75 Å². The van der Waals surface area contributed by atoms with Crippen LogP contribution >= 0.6 is 11.8 Å². The maximum atomic E-state index is 14.7. The number of guanidine groups is 1. The predicted octanol–water partition coefficient (Wildman–Crippen LogP) is -0.578. The molecular weight excluding hydrogens is 1420 g/mol. The number of thioether (sulfide) groups is 1. The Morgan fingerprint density at radius 1 is 0.676 bits per heavy atom. The van der Waals surface area contributed by atoms with Gasteiger partial charge in [0.1, 0.15) is 60.1 Å². The van der Waals surface area contributed by atoms with Gasteiger partial charge in [-0.05, 0) is 134 Å². The third-order valence-corrected chi connectivity index (χ3v) is 18.8. The number of rotatable bonds is 47. The van der Waals surface area contributed by atoms with E-state index in [0.29, 0.717) is 34.2 Å². The predicted molar refractivity (Wildman–Crippen MR) is 404 cm³/mol. The van der Waals surface area contributed by atoms with Crippen LogP contribution in [0.1, 0.15) is 137 Å². The van der Waals surface area contributed by atoms with Crippen LogP contribution in [0.15, 0.2) is 94.7 Å². The van der Waals surface area contributed by atoms with Crippen molar-refractivity contribution in [2.24, 2.45) is 33.8 Å². The zero-order chi connectivity index (χ0) is 80.3. The number of amides is 11. The van der Waals surface area contributed by atoms with Crippen LogP contribution in [0.2, 0.25) is 0 Å². The van der Waals surface area contributed by atoms with Gasteiger partial charge in [-0.15, -0.1) is 0 Å². The molecule has 34 nitrogen and oxygen atoms in total. The second kappa shape index (κ2) is 46.0. The van der Waals surface area contributed by atoms with E-state index in [2.05, 4.69) is 90.8 Å². The van der Waals surface area contributed by atoms with Gasteiger partial charge in [-0.2, -0.15) is 11.8 Å². The maximum absolute atomic E-state index is 14.7. The molecule has 11 amide bonds. The number of H-pyrrole nitrogens is 1. The summed E-state index contributed by atoms with van der Waals surface area (Å²) in [5, 5.41) is 73.6. The fraction of sp³-hybridized carbons (Fsp3) is 0.534. The van der Waals surface area contributed by atoms with Gasteiger partial charge in [0.25, 0.3) is 0 Å². The van der Waals surface area contributed by atoms with Crippen molar-refractivity contribution in [1.82, 2.24) is 57.7 Å². The molecule has 0 aliphatic carbocycles. The number of nitrogens with one attached hydrogen (secondary N) is 10. The number of primary amides is 1. The lowest BCUT2D eigenvalue weighted by Crippen LogP contribution is -2.63. The van der Waals surface area contributed by atoms with Crippen LogP contribution in [0.25, 0.3) is 10.9 Å². The number of aromatic amines is 1. The average molecular weight is 1530 g/mol. The molecule has 1 aliphatic rings. The number of nitrogens with zero attached hydrogens (tertiary/aromatic N) is 2. The molecule has 3 aromatic rings. The van der Waals surface area contributed by atoms with Crippen LogP contribution in [-0.2, 0) is 75.2 Å². The zero-order valence-corrected chi connectivity index (χ0v) is 63.0. The number of para-hydroxylation sites is 1. The summed E-state index contributed by atoms with van der Waals surface area (Å²) in [6, 6.07) is -2.83. The summed E-state index contributed by atoms with van der Waals surface area (Å²) in [4.78, 5) is 185. The van der Waals surface area contributed by atoms with Crippen molar-refractivity contribution in [2.75, 3.05) is 37.7 Å². The third kappa shape index (κ3) is 31.2. The summed E-state index contributed by atoms with van der Waals surface area (Å²) < 4.78 is 0. The van der Waals surface area contributed by atoms with Gasteiger partial charge in [0.2, 0.25) is 65.0 Å². The fourth-order valence-corrected chi connectivity index (χ4v) is 12.5. The van der Waals surface area contributed by atoms with Gasteiger partial charge < -0.3 is 106 Å². The molecule has 12 atom stereocenters. The van der Waals surface area contributed by atoms with E-state index in [9.17, 15) is 87.9 Å². The largest absolute Gasteiger partial charge is 0.508 e. The number of aliphatic carboxylic acids is 2. The van der Waals surface area contributed by atoms with Crippen molar-refractivity contribution in [3.05, 3.63) is 101 Å². The number of fused-ring (bicyclic) bond motifs is 1. The van der Waals surface area contributed by atoms with E-state index >= 15 is 0 Å². The van der Waals surface area contributed by atoms with Gasteiger partial charge in [-0.1, -0.05) is 85.5 Å². The minimum absolute atomic E-state index is 0.00508. The van der Waals surface area contributed by atoms with Gasteiger partial charge in [0, 0.05) is 54.5 Å². The Morgan fingerprint density at radius 3 is 1.90 bits per heavy atom. The van der Waals surface area contributed by atoms with Crippen molar-refractivity contribution in [3.63, 3.8) is 0 Å². The Hall–Kier alpha value is -10.4. The summed E-state index contributed by atoms with van der Waals surface area (Å²) in [5.41, 5.74) is 28.1. The third-order valence-electron chi connectivity index (χ3n) is 17.9. The molecule has 108 heavy (non-hydrogen) atoms. The molecule has 0 saturated carbocycles. The number of aliphatic hydroxyl groups excluding tert-OH is 2. The van der Waals surface area contributed by atoms with Crippen molar-refractivity contribution >= 4 is 106 Å². The van der Waals surface area contributed by atoms with Crippen molar-refractivity contribution in [2.45, 2.75) is 205 Å². The number of benzene rings is 2. The van der Waals surface area contributed by atoms with Crippen LogP contribution in [0, 0.1) is 5.92 Å². The number of hydrogen-bond donors (Lipinski definition) is 19. The Morgan fingerprint density at radius 2 is 1.27 bits per heavy atom. The molecule has 2 heterocycles. The molecular formula is C73H108N16O18S. The molecule has 2 aromatic carbocycles. The number of nitrogens with two attached hydrogens (primary N) is 4. The van der Waals surface area contributed by atoms with Gasteiger partial charge in [-0.25, -0.2) is 4.79 Å². The molecule has 4 rings (SSSR count). The lowest BCUT2D eigenvalue weighted by atomic mass is 9.97. The van der Waals surface area contributed by atoms with E-state index < -0.39 is 182 Å². The first kappa shape index (κ1) is 90.0. The highest BCUT2D eigenvalue weighted by molar-refractivity contribution is 7.99. The molecule has 1 fully saturated rings. The Balaban J connectivity index is 1.51. The topological polar surface area (TPSA) is 567 Å². The summed E-state index contributed by atoms with van der Waals surface area (Å²) in [6.07, 6.45) is 7.89. The number of aliphatic imine (C=N–C) groups is 1. The van der Waals surface area contributed by atoms with Gasteiger partial charge >= 0.3 is 11.9 Å². The summed E-state index contributed by atoms with van der Waals surface area (Å²) >= 11 is 1.26. The Labute approximate surface area is 631 Å². The number of aliphatic hydroxyl groups is 2. The van der Waals surface area contributed by atoms with E-state index in [0.717, 1.165) is 38.2 Å². The number of carboxylic acids is 2. The van der Waals surface area contributed by atoms with E-state index in [1.807, 2.05) is 13.0 Å². The molecule has 594 valence electrons. The highest BCUT2D eigenvalue weighted by atomic mass is 32.2. The minimum Gasteiger partial charge on any atom is -0.508 e. The molecule has 0 bridgehead atoms. The number of allylic oxidation sites excluding steroid dienone is 5. The first-order chi connectivity index (χ1) is 51.1. The number of carbonyl (C=O) groups excluding carboxylic acids is 11. The number of likely N-dealkylation sites (tertiary alicyclic amines) is 1. The molecule has 1 saturated heterocycles. The van der Waals surface area contributed by atoms with E-state index in [1.54, 1.807) is 50.2 Å². The van der Waals surface area contributed by atoms with E-state index in [-0.39, 0.29) is 69.1 Å². The number of aromatic hydroxyl groups is 1. The van der Waals surface area contributed by atoms with Gasteiger partial charge in [0.15, 0.2) is 5.96 Å². The van der Waals surface area contributed by atoms with Crippen molar-refractivity contribution in [1.29, 1.82) is 0 Å². The smallest absolute Gasteiger partial charge is 0.327 e. The molecule has 1 aliphatic heterocycles. The highest BCUT2D eigenvalue weighted by Gasteiger charge is 2.40. The fourth-order valence-electron chi connectivity index (χ4n) is 11.5. The van der Waals surface area contributed by atoms with Crippen LogP contribution in [-0.4, -0.2) is 223 Å².